The van der Waals surface area contributed by atoms with Crippen LogP contribution in [0.15, 0.2) is 18.2 Å². The van der Waals surface area contributed by atoms with Crippen LogP contribution in [0.1, 0.15) is 44.6 Å². The number of hydrogen-bond acceptors (Lipinski definition) is 5. The summed E-state index contributed by atoms with van der Waals surface area (Å²) < 4.78 is 5.56. The van der Waals surface area contributed by atoms with Crippen molar-refractivity contribution in [3.05, 3.63) is 33.9 Å². The summed E-state index contributed by atoms with van der Waals surface area (Å²) in [4.78, 5) is 10.3. The van der Waals surface area contributed by atoms with E-state index in [-0.39, 0.29) is 5.69 Å². The van der Waals surface area contributed by atoms with Crippen molar-refractivity contribution in [3.63, 3.8) is 0 Å². The summed E-state index contributed by atoms with van der Waals surface area (Å²) in [7, 11) is 0. The fourth-order valence-corrected chi connectivity index (χ4v) is 1.95. The fraction of sp³-hybridized carbons (Fsp3) is 0.571. The molecule has 0 atom stereocenters. The van der Waals surface area contributed by atoms with E-state index in [0.717, 1.165) is 12.0 Å². The topological polar surface area (TPSA) is 90.4 Å². The molecule has 6 heteroatoms. The second-order valence-electron chi connectivity index (χ2n) is 4.72. The molecule has 3 N–H and O–H groups in total. The number of rotatable bonds is 10. The quantitative estimate of drug-likeness (QED) is 0.297. The smallest absolute Gasteiger partial charge is 0.293 e. The van der Waals surface area contributed by atoms with Gasteiger partial charge in [-0.1, -0.05) is 32.6 Å². The second-order valence-corrected chi connectivity index (χ2v) is 4.72. The standard InChI is InChI=1S/C14H23N3O3/c1-2-3-4-5-6-9-20-11-12-7-8-14(17(18)19)13(10-12)16-15/h7-8,10,16H,2-6,9,11,15H2,1H3. The highest BCUT2D eigenvalue weighted by atomic mass is 16.6. The molecular weight excluding hydrogens is 258 g/mol. The van der Waals surface area contributed by atoms with Crippen molar-refractivity contribution in [2.24, 2.45) is 5.84 Å². The Balaban J connectivity index is 2.35. The SMILES string of the molecule is CCCCCCCOCc1ccc([N+](=O)[O-])c(NN)c1. The van der Waals surface area contributed by atoms with E-state index in [1.54, 1.807) is 12.1 Å². The number of nitrogens with two attached hydrogens (primary N) is 1. The number of benzene rings is 1. The Morgan fingerprint density at radius 3 is 2.70 bits per heavy atom. The van der Waals surface area contributed by atoms with E-state index < -0.39 is 4.92 Å². The van der Waals surface area contributed by atoms with Gasteiger partial charge in [0.05, 0.1) is 11.5 Å². The Bertz CT molecular complexity index is 424. The van der Waals surface area contributed by atoms with Crippen LogP contribution in [-0.2, 0) is 11.3 Å². The molecule has 0 aliphatic heterocycles. The number of nitro benzene ring substituents is 1. The minimum Gasteiger partial charge on any atom is -0.377 e. The molecular formula is C14H23N3O3. The molecule has 0 aliphatic carbocycles. The Kier molecular flexibility index (Phi) is 7.60. The first-order valence-electron chi connectivity index (χ1n) is 7.00. The van der Waals surface area contributed by atoms with Crippen molar-refractivity contribution in [2.45, 2.75) is 45.6 Å². The summed E-state index contributed by atoms with van der Waals surface area (Å²) in [5.74, 6) is 5.28. The lowest BCUT2D eigenvalue weighted by Gasteiger charge is -2.07. The predicted octanol–water partition coefficient (Wildman–Crippen LogP) is 3.37. The van der Waals surface area contributed by atoms with Crippen molar-refractivity contribution in [1.82, 2.24) is 0 Å². The number of anilines is 1. The molecule has 6 nitrogen and oxygen atoms in total. The summed E-state index contributed by atoms with van der Waals surface area (Å²) in [5, 5.41) is 10.8. The average Bonchev–Trinajstić information content (AvgIpc) is 2.45. The van der Waals surface area contributed by atoms with Gasteiger partial charge in [-0.05, 0) is 24.1 Å². The molecule has 0 fully saturated rings. The second kappa shape index (κ2) is 9.28. The summed E-state index contributed by atoms with van der Waals surface area (Å²) in [6.45, 7) is 3.35. The molecule has 1 aromatic carbocycles. The Labute approximate surface area is 119 Å². The van der Waals surface area contributed by atoms with E-state index in [9.17, 15) is 10.1 Å². The van der Waals surface area contributed by atoms with Crippen LogP contribution in [0.4, 0.5) is 11.4 Å². The predicted molar refractivity (Wildman–Crippen MR) is 79.3 cm³/mol. The lowest BCUT2D eigenvalue weighted by atomic mass is 10.1. The third-order valence-corrected chi connectivity index (χ3v) is 3.07. The number of unbranched alkanes of at least 4 members (excludes halogenated alkanes) is 4. The van der Waals surface area contributed by atoms with Crippen molar-refractivity contribution in [3.8, 4) is 0 Å². The zero-order valence-corrected chi connectivity index (χ0v) is 11.9. The maximum atomic E-state index is 10.8. The number of nitro groups is 1. The molecule has 0 bridgehead atoms. The first-order chi connectivity index (χ1) is 9.69. The molecule has 0 radical (unpaired) electrons. The average molecular weight is 281 g/mol. The van der Waals surface area contributed by atoms with Gasteiger partial charge >= 0.3 is 0 Å². The molecule has 0 amide bonds. The third-order valence-electron chi connectivity index (χ3n) is 3.07. The molecule has 0 heterocycles. The van der Waals surface area contributed by atoms with E-state index in [1.165, 1.54) is 31.7 Å². The van der Waals surface area contributed by atoms with E-state index in [2.05, 4.69) is 12.3 Å². The number of nitrogen functional groups attached to an aromatic ring is 1. The van der Waals surface area contributed by atoms with Gasteiger partial charge in [0.25, 0.3) is 5.69 Å². The van der Waals surface area contributed by atoms with E-state index in [4.69, 9.17) is 10.6 Å². The van der Waals surface area contributed by atoms with E-state index in [0.29, 0.717) is 18.9 Å². The van der Waals surface area contributed by atoms with Gasteiger partial charge in [-0.2, -0.15) is 0 Å². The molecule has 0 saturated heterocycles. The lowest BCUT2D eigenvalue weighted by molar-refractivity contribution is -0.384. The van der Waals surface area contributed by atoms with Crippen molar-refractivity contribution < 1.29 is 9.66 Å². The minimum atomic E-state index is -0.465. The molecule has 20 heavy (non-hydrogen) atoms. The maximum Gasteiger partial charge on any atom is 0.293 e. The van der Waals surface area contributed by atoms with Crippen LogP contribution in [0, 0.1) is 10.1 Å². The number of nitrogens with zero attached hydrogens (tertiary/aromatic N) is 1. The van der Waals surface area contributed by atoms with Gasteiger partial charge in [0, 0.05) is 12.7 Å². The van der Waals surface area contributed by atoms with E-state index >= 15 is 0 Å². The number of ether oxygens (including phenoxy) is 1. The molecule has 1 rings (SSSR count). The number of hydrazine groups is 1. The third kappa shape index (κ3) is 5.54. The van der Waals surface area contributed by atoms with Gasteiger partial charge in [0.15, 0.2) is 0 Å². The first kappa shape index (κ1) is 16.4. The van der Waals surface area contributed by atoms with Crippen LogP contribution in [0.2, 0.25) is 0 Å². The fourth-order valence-electron chi connectivity index (χ4n) is 1.95. The van der Waals surface area contributed by atoms with Crippen LogP contribution in [-0.4, -0.2) is 11.5 Å². The minimum absolute atomic E-state index is 0.0317. The van der Waals surface area contributed by atoms with Crippen molar-refractivity contribution >= 4 is 11.4 Å². The van der Waals surface area contributed by atoms with Gasteiger partial charge < -0.3 is 10.2 Å². The van der Waals surface area contributed by atoms with Crippen LogP contribution in [0.5, 0.6) is 0 Å². The summed E-state index contributed by atoms with van der Waals surface area (Å²) in [5.41, 5.74) is 3.49. The van der Waals surface area contributed by atoms with Gasteiger partial charge in [-0.15, -0.1) is 0 Å². The number of hydrogen-bond donors (Lipinski definition) is 2. The number of nitrogens with one attached hydrogen (secondary N) is 1. The van der Waals surface area contributed by atoms with Gasteiger partial charge in [0.2, 0.25) is 0 Å². The maximum absolute atomic E-state index is 10.8. The Morgan fingerprint density at radius 1 is 1.30 bits per heavy atom. The molecule has 0 aromatic heterocycles. The van der Waals surface area contributed by atoms with Crippen LogP contribution < -0.4 is 11.3 Å². The van der Waals surface area contributed by atoms with E-state index in [1.807, 2.05) is 0 Å². The van der Waals surface area contributed by atoms with Gasteiger partial charge in [0.1, 0.15) is 5.69 Å². The van der Waals surface area contributed by atoms with Crippen LogP contribution in [0.25, 0.3) is 0 Å². The highest BCUT2D eigenvalue weighted by molar-refractivity contribution is 5.61. The summed E-state index contributed by atoms with van der Waals surface area (Å²) in [6, 6.07) is 4.78. The highest BCUT2D eigenvalue weighted by Gasteiger charge is 2.12. The first-order valence-corrected chi connectivity index (χ1v) is 7.00. The lowest BCUT2D eigenvalue weighted by Crippen LogP contribution is -2.09. The van der Waals surface area contributed by atoms with Crippen molar-refractivity contribution in [1.29, 1.82) is 0 Å². The molecule has 0 saturated carbocycles. The Hall–Kier alpha value is -1.66. The summed E-state index contributed by atoms with van der Waals surface area (Å²) in [6.07, 6.45) is 5.99. The molecule has 0 spiro atoms. The van der Waals surface area contributed by atoms with Crippen molar-refractivity contribution in [2.75, 3.05) is 12.0 Å². The normalized spacial score (nSPS) is 10.5. The zero-order valence-electron chi connectivity index (χ0n) is 11.9. The summed E-state index contributed by atoms with van der Waals surface area (Å²) >= 11 is 0. The zero-order chi connectivity index (χ0) is 14.8. The van der Waals surface area contributed by atoms with Crippen LogP contribution >= 0.6 is 0 Å². The molecule has 112 valence electrons. The van der Waals surface area contributed by atoms with Gasteiger partial charge in [-0.25, -0.2) is 0 Å². The molecule has 1 aromatic rings. The molecule has 0 unspecified atom stereocenters. The monoisotopic (exact) mass is 281 g/mol. The largest absolute Gasteiger partial charge is 0.377 e. The Morgan fingerprint density at radius 2 is 2.05 bits per heavy atom. The molecule has 0 aliphatic rings. The highest BCUT2D eigenvalue weighted by Crippen LogP contribution is 2.24. The van der Waals surface area contributed by atoms with Crippen LogP contribution in [0.3, 0.4) is 0 Å². The van der Waals surface area contributed by atoms with Gasteiger partial charge in [-0.3, -0.25) is 16.0 Å².